The van der Waals surface area contributed by atoms with Gasteiger partial charge in [-0.2, -0.15) is 0 Å². The monoisotopic (exact) mass is 310 g/mol. The van der Waals surface area contributed by atoms with E-state index in [2.05, 4.69) is 16.8 Å². The second-order valence-corrected chi connectivity index (χ2v) is 6.41. The molecule has 1 N–H and O–H groups in total. The van der Waals surface area contributed by atoms with Crippen LogP contribution < -0.4 is 0 Å². The number of likely N-dealkylation sites (N-methyl/N-ethyl adjacent to an activating group) is 1. The number of benzene rings is 1. The lowest BCUT2D eigenvalue weighted by molar-refractivity contribution is 0.124. The zero-order chi connectivity index (χ0) is 14.5. The summed E-state index contributed by atoms with van der Waals surface area (Å²) in [6.07, 6.45) is 2.36. The fourth-order valence-corrected chi connectivity index (χ4v) is 3.22. The van der Waals surface area contributed by atoms with Gasteiger partial charge in [0.25, 0.3) is 0 Å². The molecule has 1 aromatic heterocycles. The van der Waals surface area contributed by atoms with Crippen LogP contribution in [0.4, 0.5) is 0 Å². The van der Waals surface area contributed by atoms with Gasteiger partial charge in [0.05, 0.1) is 12.6 Å². The summed E-state index contributed by atoms with van der Waals surface area (Å²) in [4.78, 5) is 7.75. The Morgan fingerprint density at radius 2 is 2.15 bits per heavy atom. The van der Waals surface area contributed by atoms with Crippen molar-refractivity contribution >= 4 is 22.9 Å². The van der Waals surface area contributed by atoms with Crippen molar-refractivity contribution in [3.05, 3.63) is 50.9 Å². The molecule has 3 nitrogen and oxygen atoms in total. The summed E-state index contributed by atoms with van der Waals surface area (Å²) in [6, 6.07) is 7.41. The zero-order valence-electron chi connectivity index (χ0n) is 11.7. The van der Waals surface area contributed by atoms with Gasteiger partial charge < -0.3 is 5.11 Å². The first-order valence-corrected chi connectivity index (χ1v) is 7.84. The molecule has 20 heavy (non-hydrogen) atoms. The number of halogens is 1. The largest absolute Gasteiger partial charge is 0.387 e. The van der Waals surface area contributed by atoms with E-state index in [0.717, 1.165) is 23.5 Å². The third kappa shape index (κ3) is 4.03. The Bertz CT molecular complexity index is 558. The molecule has 0 amide bonds. The number of thiazole rings is 1. The zero-order valence-corrected chi connectivity index (χ0v) is 13.3. The van der Waals surface area contributed by atoms with E-state index in [1.165, 1.54) is 4.88 Å². The van der Waals surface area contributed by atoms with Crippen LogP contribution >= 0.6 is 22.9 Å². The summed E-state index contributed by atoms with van der Waals surface area (Å²) in [6.45, 7) is 3.40. The van der Waals surface area contributed by atoms with Crippen LogP contribution in [-0.4, -0.2) is 28.6 Å². The molecule has 0 bridgehead atoms. The molecule has 0 aliphatic carbocycles. The van der Waals surface area contributed by atoms with Crippen molar-refractivity contribution in [2.45, 2.75) is 26.0 Å². The molecule has 0 radical (unpaired) electrons. The van der Waals surface area contributed by atoms with Crippen molar-refractivity contribution in [2.75, 3.05) is 13.6 Å². The predicted octanol–water partition coefficient (Wildman–Crippen LogP) is 3.52. The van der Waals surface area contributed by atoms with Gasteiger partial charge in [0, 0.05) is 28.2 Å². The lowest BCUT2D eigenvalue weighted by Crippen LogP contribution is -2.24. The number of hydrogen-bond donors (Lipinski definition) is 1. The smallest absolute Gasteiger partial charge is 0.107 e. The normalized spacial score (nSPS) is 12.8. The quantitative estimate of drug-likeness (QED) is 0.887. The molecule has 0 aliphatic rings. The summed E-state index contributed by atoms with van der Waals surface area (Å²) >= 11 is 7.82. The molecule has 5 heteroatoms. The minimum Gasteiger partial charge on any atom is -0.387 e. The Balaban J connectivity index is 1.94. The average molecular weight is 311 g/mol. The summed E-state index contributed by atoms with van der Waals surface area (Å²) in [5.74, 6) is 0. The van der Waals surface area contributed by atoms with Crippen LogP contribution in [0.25, 0.3) is 0 Å². The second-order valence-electron chi connectivity index (χ2n) is 4.81. The lowest BCUT2D eigenvalue weighted by Gasteiger charge is -2.20. The second kappa shape index (κ2) is 7.18. The van der Waals surface area contributed by atoms with Crippen molar-refractivity contribution in [2.24, 2.45) is 0 Å². The summed E-state index contributed by atoms with van der Waals surface area (Å²) in [5.41, 5.74) is 0.773. The van der Waals surface area contributed by atoms with Crippen LogP contribution in [0.3, 0.4) is 0 Å². The first kappa shape index (κ1) is 15.4. The highest BCUT2D eigenvalue weighted by Crippen LogP contribution is 2.23. The molecule has 1 heterocycles. The number of aliphatic hydroxyl groups is 1. The average Bonchev–Trinajstić information content (AvgIpc) is 2.86. The topological polar surface area (TPSA) is 36.4 Å². The predicted molar refractivity (Wildman–Crippen MR) is 84.2 cm³/mol. The van der Waals surface area contributed by atoms with Gasteiger partial charge in [-0.1, -0.05) is 36.7 Å². The molecule has 0 spiro atoms. The Labute approximate surface area is 128 Å². The molecule has 0 saturated carbocycles. The van der Waals surface area contributed by atoms with Crippen molar-refractivity contribution in [3.8, 4) is 0 Å². The Hall–Kier alpha value is -0.940. The van der Waals surface area contributed by atoms with Crippen molar-refractivity contribution in [1.29, 1.82) is 0 Å². The van der Waals surface area contributed by atoms with Gasteiger partial charge in [0.1, 0.15) is 5.01 Å². The molecule has 0 aliphatic heterocycles. The van der Waals surface area contributed by atoms with E-state index in [4.69, 9.17) is 11.6 Å². The highest BCUT2D eigenvalue weighted by atomic mass is 35.5. The van der Waals surface area contributed by atoms with Crippen LogP contribution in [0.2, 0.25) is 5.02 Å². The van der Waals surface area contributed by atoms with E-state index >= 15 is 0 Å². The van der Waals surface area contributed by atoms with Crippen LogP contribution in [0.15, 0.2) is 30.5 Å². The van der Waals surface area contributed by atoms with Crippen LogP contribution in [-0.2, 0) is 13.0 Å². The van der Waals surface area contributed by atoms with Crippen LogP contribution in [0.1, 0.15) is 28.5 Å². The molecule has 1 atom stereocenters. The third-order valence-electron chi connectivity index (χ3n) is 3.10. The first-order valence-electron chi connectivity index (χ1n) is 6.64. The van der Waals surface area contributed by atoms with Gasteiger partial charge in [0.2, 0.25) is 0 Å². The number of aliphatic hydroxyl groups excluding tert-OH is 1. The molecule has 1 aromatic carbocycles. The van der Waals surface area contributed by atoms with Gasteiger partial charge >= 0.3 is 0 Å². The molecule has 0 fully saturated rings. The maximum absolute atomic E-state index is 10.3. The summed E-state index contributed by atoms with van der Waals surface area (Å²) < 4.78 is 0. The number of hydrogen-bond acceptors (Lipinski definition) is 4. The number of aryl methyl sites for hydroxylation is 1. The lowest BCUT2D eigenvalue weighted by atomic mass is 10.1. The minimum atomic E-state index is -0.584. The summed E-state index contributed by atoms with van der Waals surface area (Å²) in [7, 11) is 1.98. The molecule has 2 aromatic rings. The number of nitrogens with zero attached hydrogens (tertiary/aromatic N) is 2. The van der Waals surface area contributed by atoms with Crippen molar-refractivity contribution in [1.82, 2.24) is 9.88 Å². The van der Waals surface area contributed by atoms with Crippen molar-refractivity contribution < 1.29 is 5.11 Å². The summed E-state index contributed by atoms with van der Waals surface area (Å²) in [5, 5.41) is 11.9. The van der Waals surface area contributed by atoms with E-state index in [0.29, 0.717) is 11.6 Å². The van der Waals surface area contributed by atoms with E-state index < -0.39 is 6.10 Å². The highest BCUT2D eigenvalue weighted by molar-refractivity contribution is 7.11. The van der Waals surface area contributed by atoms with Gasteiger partial charge in [-0.05, 0) is 19.5 Å². The fraction of sp³-hybridized carbons (Fsp3) is 0.400. The van der Waals surface area contributed by atoms with E-state index in [1.807, 2.05) is 31.4 Å². The van der Waals surface area contributed by atoms with E-state index in [1.54, 1.807) is 17.4 Å². The molecule has 2 rings (SSSR count). The SMILES string of the molecule is CCc1cnc(CN(C)CC(O)c2ccccc2Cl)s1. The highest BCUT2D eigenvalue weighted by Gasteiger charge is 2.14. The van der Waals surface area contributed by atoms with E-state index in [9.17, 15) is 5.11 Å². The van der Waals surface area contributed by atoms with Gasteiger partial charge in [-0.25, -0.2) is 4.98 Å². The molecular formula is C15H19ClN2OS. The van der Waals surface area contributed by atoms with Gasteiger partial charge in [-0.3, -0.25) is 4.90 Å². The van der Waals surface area contributed by atoms with Crippen LogP contribution in [0.5, 0.6) is 0 Å². The number of rotatable bonds is 6. The first-order chi connectivity index (χ1) is 9.60. The molecule has 1 unspecified atom stereocenters. The Kier molecular flexibility index (Phi) is 5.54. The minimum absolute atomic E-state index is 0.533. The fourth-order valence-electron chi connectivity index (χ4n) is 2.02. The number of aromatic nitrogens is 1. The maximum Gasteiger partial charge on any atom is 0.107 e. The van der Waals surface area contributed by atoms with Crippen molar-refractivity contribution in [3.63, 3.8) is 0 Å². The molecule has 108 valence electrons. The maximum atomic E-state index is 10.3. The van der Waals surface area contributed by atoms with E-state index in [-0.39, 0.29) is 0 Å². The molecular weight excluding hydrogens is 292 g/mol. The van der Waals surface area contributed by atoms with Crippen LogP contribution in [0, 0.1) is 0 Å². The Morgan fingerprint density at radius 1 is 1.40 bits per heavy atom. The standard InChI is InChI=1S/C15H19ClN2OS/c1-3-11-8-17-15(20-11)10-18(2)9-14(19)12-6-4-5-7-13(12)16/h4-8,14,19H,3,9-10H2,1-2H3. The Morgan fingerprint density at radius 3 is 2.80 bits per heavy atom. The van der Waals surface area contributed by atoms with Gasteiger partial charge in [-0.15, -0.1) is 11.3 Å². The van der Waals surface area contributed by atoms with Gasteiger partial charge in [0.15, 0.2) is 0 Å². The third-order valence-corrected chi connectivity index (χ3v) is 4.57. The molecule has 0 saturated heterocycles.